The van der Waals surface area contributed by atoms with Gasteiger partial charge in [-0.25, -0.2) is 4.98 Å². The monoisotopic (exact) mass is 294 g/mol. The normalized spacial score (nSPS) is 12.9. The maximum Gasteiger partial charge on any atom is 0.434 e. The summed E-state index contributed by atoms with van der Waals surface area (Å²) in [5, 5.41) is 0. The van der Waals surface area contributed by atoms with Crippen LogP contribution in [-0.4, -0.2) is 28.4 Å². The molecule has 0 aliphatic carbocycles. The second-order valence-corrected chi connectivity index (χ2v) is 3.33. The fourth-order valence-corrected chi connectivity index (χ4v) is 1.08. The molecular formula is C8H5ClF6N2O. The van der Waals surface area contributed by atoms with Gasteiger partial charge in [-0.3, -0.25) is 4.98 Å². The van der Waals surface area contributed by atoms with Crippen LogP contribution in [0, 0.1) is 0 Å². The van der Waals surface area contributed by atoms with Crippen molar-refractivity contribution in [1.29, 1.82) is 0 Å². The van der Waals surface area contributed by atoms with Crippen molar-refractivity contribution in [2.75, 3.05) is 0 Å². The molecule has 0 unspecified atom stereocenters. The van der Waals surface area contributed by atoms with E-state index in [2.05, 4.69) is 14.7 Å². The highest BCUT2D eigenvalue weighted by Crippen LogP contribution is 2.35. The topological polar surface area (TPSA) is 35.0 Å². The molecule has 0 aliphatic rings. The van der Waals surface area contributed by atoms with Gasteiger partial charge in [-0.15, -0.1) is 11.6 Å². The molecule has 0 bridgehead atoms. The third kappa shape index (κ3) is 3.90. The highest BCUT2D eigenvalue weighted by molar-refractivity contribution is 6.16. The molecule has 102 valence electrons. The molecule has 0 N–H and O–H groups in total. The van der Waals surface area contributed by atoms with E-state index in [0.29, 0.717) is 6.20 Å². The van der Waals surface area contributed by atoms with Gasteiger partial charge in [-0.1, -0.05) is 0 Å². The maximum atomic E-state index is 12.2. The average molecular weight is 295 g/mol. The Morgan fingerprint density at radius 1 is 1.11 bits per heavy atom. The lowest BCUT2D eigenvalue weighted by molar-refractivity contribution is -0.300. The minimum Gasteiger partial charge on any atom is -0.454 e. The SMILES string of the molecule is FC(F)(F)C(Oc1cncc(CCl)n1)C(F)(F)F. The van der Waals surface area contributed by atoms with Crippen molar-refractivity contribution >= 4 is 11.6 Å². The molecule has 0 aromatic carbocycles. The maximum absolute atomic E-state index is 12.2. The number of hydrogen-bond acceptors (Lipinski definition) is 3. The van der Waals surface area contributed by atoms with E-state index in [-0.39, 0.29) is 11.6 Å². The number of alkyl halides is 7. The molecule has 18 heavy (non-hydrogen) atoms. The van der Waals surface area contributed by atoms with Crippen LogP contribution in [0.5, 0.6) is 5.88 Å². The van der Waals surface area contributed by atoms with Gasteiger partial charge in [-0.2, -0.15) is 26.3 Å². The predicted octanol–water partition coefficient (Wildman–Crippen LogP) is 3.09. The first-order chi connectivity index (χ1) is 8.14. The Kier molecular flexibility index (Phi) is 4.25. The van der Waals surface area contributed by atoms with Crippen LogP contribution in [0.25, 0.3) is 0 Å². The lowest BCUT2D eigenvalue weighted by Gasteiger charge is -2.23. The lowest BCUT2D eigenvalue weighted by atomic mass is 10.3. The summed E-state index contributed by atoms with van der Waals surface area (Å²) < 4.78 is 76.8. The van der Waals surface area contributed by atoms with Crippen LogP contribution < -0.4 is 4.74 Å². The van der Waals surface area contributed by atoms with Gasteiger partial charge in [0.2, 0.25) is 5.88 Å². The van der Waals surface area contributed by atoms with E-state index >= 15 is 0 Å². The van der Waals surface area contributed by atoms with Gasteiger partial charge in [0.15, 0.2) is 0 Å². The summed E-state index contributed by atoms with van der Waals surface area (Å²) in [4.78, 5) is 6.71. The largest absolute Gasteiger partial charge is 0.454 e. The first-order valence-electron chi connectivity index (χ1n) is 4.31. The third-order valence-corrected chi connectivity index (χ3v) is 1.91. The van der Waals surface area contributed by atoms with Gasteiger partial charge in [-0.05, 0) is 0 Å². The zero-order chi connectivity index (χ0) is 14.0. The molecule has 0 saturated carbocycles. The summed E-state index contributed by atoms with van der Waals surface area (Å²) in [6, 6.07) is 0. The van der Waals surface area contributed by atoms with Gasteiger partial charge >= 0.3 is 12.4 Å². The Hall–Kier alpha value is -1.25. The molecule has 0 aliphatic heterocycles. The Bertz CT molecular complexity index is 393. The van der Waals surface area contributed by atoms with Crippen molar-refractivity contribution < 1.29 is 31.1 Å². The van der Waals surface area contributed by atoms with E-state index < -0.39 is 24.3 Å². The van der Waals surface area contributed by atoms with E-state index in [1.54, 1.807) is 0 Å². The van der Waals surface area contributed by atoms with Gasteiger partial charge in [0, 0.05) is 6.20 Å². The Morgan fingerprint density at radius 2 is 1.67 bits per heavy atom. The third-order valence-electron chi connectivity index (χ3n) is 1.63. The smallest absolute Gasteiger partial charge is 0.434 e. The van der Waals surface area contributed by atoms with Crippen LogP contribution in [0.1, 0.15) is 5.69 Å². The van der Waals surface area contributed by atoms with Crippen LogP contribution >= 0.6 is 11.6 Å². The van der Waals surface area contributed by atoms with Crippen LogP contribution in [0.3, 0.4) is 0 Å². The standard InChI is InChI=1S/C8H5ClF6N2O/c9-1-4-2-16-3-5(17-4)18-6(7(10,11)12)8(13,14)15/h2-3,6H,1H2. The van der Waals surface area contributed by atoms with Crippen LogP contribution in [0.15, 0.2) is 12.4 Å². The second-order valence-electron chi connectivity index (χ2n) is 3.06. The number of rotatable bonds is 3. The first-order valence-corrected chi connectivity index (χ1v) is 4.85. The number of nitrogens with zero attached hydrogens (tertiary/aromatic N) is 2. The molecule has 0 fully saturated rings. The number of halogens is 7. The molecule has 0 spiro atoms. The minimum atomic E-state index is -5.60. The van der Waals surface area contributed by atoms with E-state index in [4.69, 9.17) is 11.6 Å². The molecule has 1 aromatic rings. The van der Waals surface area contributed by atoms with E-state index in [0.717, 1.165) is 6.20 Å². The Morgan fingerprint density at radius 3 is 2.11 bits per heavy atom. The molecule has 1 rings (SSSR count). The lowest BCUT2D eigenvalue weighted by Crippen LogP contribution is -2.46. The van der Waals surface area contributed by atoms with Crippen molar-refractivity contribution in [3.05, 3.63) is 18.1 Å². The van der Waals surface area contributed by atoms with Crippen molar-refractivity contribution in [3.8, 4) is 5.88 Å². The molecule has 1 heterocycles. The van der Waals surface area contributed by atoms with Crippen molar-refractivity contribution in [1.82, 2.24) is 9.97 Å². The fourth-order valence-electron chi connectivity index (χ4n) is 0.947. The van der Waals surface area contributed by atoms with E-state index in [9.17, 15) is 26.3 Å². The van der Waals surface area contributed by atoms with E-state index in [1.807, 2.05) is 0 Å². The summed E-state index contributed by atoms with van der Waals surface area (Å²) in [5.74, 6) is -1.11. The van der Waals surface area contributed by atoms with Crippen LogP contribution in [-0.2, 0) is 5.88 Å². The fraction of sp³-hybridized carbons (Fsp3) is 0.500. The van der Waals surface area contributed by atoms with Crippen molar-refractivity contribution in [2.24, 2.45) is 0 Å². The quantitative estimate of drug-likeness (QED) is 0.635. The van der Waals surface area contributed by atoms with E-state index in [1.165, 1.54) is 0 Å². The first kappa shape index (κ1) is 14.8. The zero-order valence-electron chi connectivity index (χ0n) is 8.39. The summed E-state index contributed by atoms with van der Waals surface area (Å²) in [7, 11) is 0. The summed E-state index contributed by atoms with van der Waals surface area (Å²) >= 11 is 5.31. The summed E-state index contributed by atoms with van der Waals surface area (Å²) in [6.45, 7) is 0. The molecule has 1 aromatic heterocycles. The van der Waals surface area contributed by atoms with Crippen molar-refractivity contribution in [2.45, 2.75) is 24.3 Å². The average Bonchev–Trinajstić information content (AvgIpc) is 2.23. The molecule has 10 heteroatoms. The van der Waals surface area contributed by atoms with Gasteiger partial charge in [0.25, 0.3) is 6.10 Å². The minimum absolute atomic E-state index is 0.00253. The summed E-state index contributed by atoms with van der Waals surface area (Å²) in [5.41, 5.74) is -0.00253. The number of ether oxygens (including phenoxy) is 1. The zero-order valence-corrected chi connectivity index (χ0v) is 9.14. The van der Waals surface area contributed by atoms with Crippen molar-refractivity contribution in [3.63, 3.8) is 0 Å². The molecule has 3 nitrogen and oxygen atoms in total. The molecule has 0 amide bonds. The highest BCUT2D eigenvalue weighted by atomic mass is 35.5. The molecule has 0 saturated heterocycles. The molecular weight excluding hydrogens is 290 g/mol. The number of aromatic nitrogens is 2. The van der Waals surface area contributed by atoms with Gasteiger partial charge in [0.05, 0.1) is 17.8 Å². The second kappa shape index (κ2) is 5.17. The van der Waals surface area contributed by atoms with Crippen LogP contribution in [0.4, 0.5) is 26.3 Å². The highest BCUT2D eigenvalue weighted by Gasteiger charge is 2.59. The Balaban J connectivity index is 2.97. The Labute approximate surface area is 102 Å². The van der Waals surface area contributed by atoms with Gasteiger partial charge in [0.1, 0.15) is 0 Å². The van der Waals surface area contributed by atoms with Gasteiger partial charge < -0.3 is 4.74 Å². The summed E-state index contributed by atoms with van der Waals surface area (Å²) in [6.07, 6.45) is -13.4. The predicted molar refractivity (Wildman–Crippen MR) is 48.1 cm³/mol. The molecule has 0 atom stereocenters. The number of hydrogen-bond donors (Lipinski definition) is 0. The van der Waals surface area contributed by atoms with Crippen LogP contribution in [0.2, 0.25) is 0 Å². The molecule has 0 radical (unpaired) electrons.